The predicted octanol–water partition coefficient (Wildman–Crippen LogP) is 2.80. The third-order valence-corrected chi connectivity index (χ3v) is 4.89. The van der Waals surface area contributed by atoms with Gasteiger partial charge in [0, 0.05) is 30.2 Å². The first-order valence-electron chi connectivity index (χ1n) is 7.78. The van der Waals surface area contributed by atoms with E-state index in [1.807, 2.05) is 12.1 Å². The minimum atomic E-state index is 0.151. The summed E-state index contributed by atoms with van der Waals surface area (Å²) < 4.78 is 5.91. The lowest BCUT2D eigenvalue weighted by molar-refractivity contribution is -0.0609. The van der Waals surface area contributed by atoms with Crippen LogP contribution >= 0.6 is 0 Å². The summed E-state index contributed by atoms with van der Waals surface area (Å²) in [4.78, 5) is 2.65. The Morgan fingerprint density at radius 3 is 2.75 bits per heavy atom. The highest BCUT2D eigenvalue weighted by Gasteiger charge is 2.38. The normalized spacial score (nSPS) is 27.5. The first-order valence-corrected chi connectivity index (χ1v) is 7.78. The number of nitrogens with zero attached hydrogens (tertiary/aromatic N) is 1. The number of benzene rings is 1. The fourth-order valence-electron chi connectivity index (χ4n) is 3.74. The summed E-state index contributed by atoms with van der Waals surface area (Å²) in [5, 5.41) is 0. The molecule has 1 saturated heterocycles. The van der Waals surface area contributed by atoms with Crippen molar-refractivity contribution in [2.24, 2.45) is 0 Å². The van der Waals surface area contributed by atoms with Crippen LogP contribution in [0.5, 0.6) is 0 Å². The van der Waals surface area contributed by atoms with Gasteiger partial charge in [0.05, 0.1) is 12.7 Å². The monoisotopic (exact) mass is 274 g/mol. The first kappa shape index (κ1) is 13.9. The quantitative estimate of drug-likeness (QED) is 0.861. The summed E-state index contributed by atoms with van der Waals surface area (Å²) in [7, 11) is 0. The van der Waals surface area contributed by atoms with E-state index in [-0.39, 0.29) is 5.41 Å². The van der Waals surface area contributed by atoms with Gasteiger partial charge in [-0.05, 0) is 37.0 Å². The summed E-state index contributed by atoms with van der Waals surface area (Å²) in [5.41, 5.74) is 8.16. The van der Waals surface area contributed by atoms with Gasteiger partial charge in [0.2, 0.25) is 0 Å². The Bertz CT molecular complexity index is 455. The highest BCUT2D eigenvalue weighted by molar-refractivity contribution is 5.41. The minimum Gasteiger partial charge on any atom is -0.399 e. The van der Waals surface area contributed by atoms with E-state index in [0.717, 1.165) is 25.4 Å². The second-order valence-corrected chi connectivity index (χ2v) is 6.88. The molecule has 3 rings (SSSR count). The fourth-order valence-corrected chi connectivity index (χ4v) is 3.74. The molecule has 0 radical (unpaired) electrons. The molecule has 110 valence electrons. The van der Waals surface area contributed by atoms with Crippen molar-refractivity contribution in [3.8, 4) is 0 Å². The smallest absolute Gasteiger partial charge is 0.0730 e. The Morgan fingerprint density at radius 1 is 1.25 bits per heavy atom. The predicted molar refractivity (Wildman–Crippen MR) is 82.8 cm³/mol. The summed E-state index contributed by atoms with van der Waals surface area (Å²) in [6, 6.07) is 8.99. The minimum absolute atomic E-state index is 0.151. The molecule has 0 bridgehead atoms. The van der Waals surface area contributed by atoms with Crippen molar-refractivity contribution in [2.75, 3.05) is 25.4 Å². The van der Waals surface area contributed by atoms with Gasteiger partial charge >= 0.3 is 0 Å². The standard InChI is InChI=1S/C17H26N2O/c1-17(2,13-6-8-14(18)9-7-13)12-19-10-11-20-16-5-3-4-15(16)19/h6-9,15-16H,3-5,10-12,18H2,1-2H3. The van der Waals surface area contributed by atoms with E-state index in [2.05, 4.69) is 30.9 Å². The summed E-state index contributed by atoms with van der Waals surface area (Å²) >= 11 is 0. The van der Waals surface area contributed by atoms with E-state index in [1.54, 1.807) is 0 Å². The number of ether oxygens (including phenoxy) is 1. The third kappa shape index (κ3) is 2.70. The van der Waals surface area contributed by atoms with E-state index in [1.165, 1.54) is 24.8 Å². The highest BCUT2D eigenvalue weighted by Crippen LogP contribution is 2.33. The maximum absolute atomic E-state index is 5.91. The molecule has 1 aromatic rings. The van der Waals surface area contributed by atoms with Gasteiger partial charge in [0.15, 0.2) is 0 Å². The van der Waals surface area contributed by atoms with Gasteiger partial charge in [-0.1, -0.05) is 26.0 Å². The second kappa shape index (κ2) is 5.38. The number of hydrogen-bond acceptors (Lipinski definition) is 3. The number of morpholine rings is 1. The van der Waals surface area contributed by atoms with Crippen molar-refractivity contribution < 1.29 is 4.74 Å². The molecule has 2 atom stereocenters. The van der Waals surface area contributed by atoms with Crippen LogP contribution in [-0.4, -0.2) is 36.7 Å². The SMILES string of the molecule is CC(C)(CN1CCOC2CCCC21)c1ccc(N)cc1. The van der Waals surface area contributed by atoms with Crippen LogP contribution in [0.2, 0.25) is 0 Å². The molecular weight excluding hydrogens is 248 g/mol. The first-order chi connectivity index (χ1) is 9.56. The Labute approximate surface area is 122 Å². The lowest BCUT2D eigenvalue weighted by atomic mass is 9.83. The van der Waals surface area contributed by atoms with Crippen LogP contribution in [0.1, 0.15) is 38.7 Å². The Balaban J connectivity index is 1.73. The molecule has 1 aromatic carbocycles. The van der Waals surface area contributed by atoms with Crippen LogP contribution in [0.15, 0.2) is 24.3 Å². The summed E-state index contributed by atoms with van der Waals surface area (Å²) in [5.74, 6) is 0. The van der Waals surface area contributed by atoms with Crippen LogP contribution in [0.4, 0.5) is 5.69 Å². The second-order valence-electron chi connectivity index (χ2n) is 6.88. The molecule has 0 spiro atoms. The highest BCUT2D eigenvalue weighted by atomic mass is 16.5. The van der Waals surface area contributed by atoms with Crippen molar-refractivity contribution in [3.63, 3.8) is 0 Å². The number of nitrogen functional groups attached to an aromatic ring is 1. The van der Waals surface area contributed by atoms with Gasteiger partial charge in [-0.2, -0.15) is 0 Å². The molecule has 2 fully saturated rings. The third-order valence-electron chi connectivity index (χ3n) is 4.89. The lowest BCUT2D eigenvalue weighted by Gasteiger charge is -2.42. The molecule has 1 aliphatic heterocycles. The maximum atomic E-state index is 5.91. The summed E-state index contributed by atoms with van der Waals surface area (Å²) in [6.07, 6.45) is 4.33. The average Bonchev–Trinajstić information content (AvgIpc) is 2.88. The Hall–Kier alpha value is -1.06. The van der Waals surface area contributed by atoms with E-state index >= 15 is 0 Å². The molecular formula is C17H26N2O. The van der Waals surface area contributed by atoms with Crippen molar-refractivity contribution in [1.82, 2.24) is 4.90 Å². The molecule has 2 unspecified atom stereocenters. The lowest BCUT2D eigenvalue weighted by Crippen LogP contribution is -2.52. The van der Waals surface area contributed by atoms with E-state index in [9.17, 15) is 0 Å². The van der Waals surface area contributed by atoms with Crippen LogP contribution in [-0.2, 0) is 10.2 Å². The number of rotatable bonds is 3. The Kier molecular flexibility index (Phi) is 3.74. The van der Waals surface area contributed by atoms with Gasteiger partial charge in [0.25, 0.3) is 0 Å². The Morgan fingerprint density at radius 2 is 2.00 bits per heavy atom. The van der Waals surface area contributed by atoms with Gasteiger partial charge in [-0.15, -0.1) is 0 Å². The molecule has 1 saturated carbocycles. The van der Waals surface area contributed by atoms with Crippen molar-refractivity contribution in [1.29, 1.82) is 0 Å². The fraction of sp³-hybridized carbons (Fsp3) is 0.647. The zero-order valence-corrected chi connectivity index (χ0v) is 12.6. The molecule has 0 aromatic heterocycles. The van der Waals surface area contributed by atoms with Crippen molar-refractivity contribution in [2.45, 2.75) is 50.7 Å². The maximum Gasteiger partial charge on any atom is 0.0730 e. The number of anilines is 1. The topological polar surface area (TPSA) is 38.5 Å². The van der Waals surface area contributed by atoms with E-state index < -0.39 is 0 Å². The molecule has 3 nitrogen and oxygen atoms in total. The molecule has 2 N–H and O–H groups in total. The molecule has 0 amide bonds. The number of nitrogens with two attached hydrogens (primary N) is 1. The zero-order valence-electron chi connectivity index (χ0n) is 12.6. The van der Waals surface area contributed by atoms with Crippen molar-refractivity contribution in [3.05, 3.63) is 29.8 Å². The van der Waals surface area contributed by atoms with E-state index in [0.29, 0.717) is 12.1 Å². The van der Waals surface area contributed by atoms with Crippen LogP contribution in [0.3, 0.4) is 0 Å². The van der Waals surface area contributed by atoms with Crippen LogP contribution in [0, 0.1) is 0 Å². The van der Waals surface area contributed by atoms with Crippen molar-refractivity contribution >= 4 is 5.69 Å². The number of hydrogen-bond donors (Lipinski definition) is 1. The zero-order chi connectivity index (χ0) is 14.2. The van der Waals surface area contributed by atoms with E-state index in [4.69, 9.17) is 10.5 Å². The van der Waals surface area contributed by atoms with Gasteiger partial charge in [-0.3, -0.25) is 4.90 Å². The van der Waals surface area contributed by atoms with Gasteiger partial charge < -0.3 is 10.5 Å². The molecule has 20 heavy (non-hydrogen) atoms. The largest absolute Gasteiger partial charge is 0.399 e. The summed E-state index contributed by atoms with van der Waals surface area (Å²) in [6.45, 7) is 7.72. The average molecular weight is 274 g/mol. The van der Waals surface area contributed by atoms with Gasteiger partial charge in [-0.25, -0.2) is 0 Å². The molecule has 1 heterocycles. The van der Waals surface area contributed by atoms with Crippen LogP contribution < -0.4 is 5.73 Å². The molecule has 1 aliphatic carbocycles. The number of fused-ring (bicyclic) bond motifs is 1. The van der Waals surface area contributed by atoms with Crippen LogP contribution in [0.25, 0.3) is 0 Å². The molecule has 3 heteroatoms. The van der Waals surface area contributed by atoms with Gasteiger partial charge in [0.1, 0.15) is 0 Å². The molecule has 2 aliphatic rings.